The molecule has 7 heteroatoms. The number of piperazine rings is 1. The van der Waals surface area contributed by atoms with E-state index in [0.717, 1.165) is 31.5 Å². The van der Waals surface area contributed by atoms with Crippen molar-refractivity contribution in [1.29, 1.82) is 0 Å². The number of carbonyl (C=O) groups is 1. The number of nitrogens with one attached hydrogen (secondary N) is 1. The predicted molar refractivity (Wildman–Crippen MR) is 97.2 cm³/mol. The van der Waals surface area contributed by atoms with Crippen molar-refractivity contribution >= 4 is 11.7 Å². The highest BCUT2D eigenvalue weighted by atomic mass is 19.4. The molecule has 1 saturated heterocycles. The van der Waals surface area contributed by atoms with Crippen molar-refractivity contribution in [3.8, 4) is 0 Å². The molecule has 4 nitrogen and oxygen atoms in total. The third-order valence-corrected chi connectivity index (χ3v) is 5.07. The Morgan fingerprint density at radius 3 is 2.15 bits per heavy atom. The van der Waals surface area contributed by atoms with Crippen LogP contribution in [0.4, 0.5) is 23.7 Å². The van der Waals surface area contributed by atoms with Crippen LogP contribution >= 0.6 is 0 Å². The SMILES string of the molecule is CC[C@@H]1CN(C(C)C)[C@@H](CC)CN1C(=O)Nc1ccc(C(F)(F)F)cc1. The van der Waals surface area contributed by atoms with E-state index in [-0.39, 0.29) is 18.1 Å². The first-order chi connectivity index (χ1) is 12.2. The Hall–Kier alpha value is -1.76. The van der Waals surface area contributed by atoms with Crippen LogP contribution in [0.1, 0.15) is 46.1 Å². The predicted octanol–water partition coefficient (Wildman–Crippen LogP) is 4.82. The normalized spacial score (nSPS) is 21.9. The molecule has 0 aliphatic carbocycles. The summed E-state index contributed by atoms with van der Waals surface area (Å²) in [6, 6.07) is 5.10. The maximum Gasteiger partial charge on any atom is 0.416 e. The molecule has 0 bridgehead atoms. The topological polar surface area (TPSA) is 35.6 Å². The van der Waals surface area contributed by atoms with Gasteiger partial charge in [-0.05, 0) is 51.0 Å². The second-order valence-corrected chi connectivity index (χ2v) is 7.07. The van der Waals surface area contributed by atoms with Gasteiger partial charge in [-0.15, -0.1) is 0 Å². The summed E-state index contributed by atoms with van der Waals surface area (Å²) in [7, 11) is 0. The van der Waals surface area contributed by atoms with Crippen LogP contribution < -0.4 is 5.32 Å². The van der Waals surface area contributed by atoms with E-state index < -0.39 is 11.7 Å². The van der Waals surface area contributed by atoms with Gasteiger partial charge in [0.1, 0.15) is 0 Å². The smallest absolute Gasteiger partial charge is 0.319 e. The number of nitrogens with zero attached hydrogens (tertiary/aromatic N) is 2. The molecule has 1 N–H and O–H groups in total. The summed E-state index contributed by atoms with van der Waals surface area (Å²) in [5, 5.41) is 2.74. The van der Waals surface area contributed by atoms with E-state index in [2.05, 4.69) is 31.0 Å². The van der Waals surface area contributed by atoms with E-state index in [0.29, 0.717) is 18.3 Å². The average molecular weight is 371 g/mol. The molecular weight excluding hydrogens is 343 g/mol. The lowest BCUT2D eigenvalue weighted by Gasteiger charge is -2.47. The van der Waals surface area contributed by atoms with Gasteiger partial charge in [0.25, 0.3) is 0 Å². The molecule has 1 aromatic carbocycles. The van der Waals surface area contributed by atoms with Gasteiger partial charge in [-0.3, -0.25) is 4.90 Å². The number of anilines is 1. The van der Waals surface area contributed by atoms with Crippen molar-refractivity contribution in [2.75, 3.05) is 18.4 Å². The van der Waals surface area contributed by atoms with Crippen molar-refractivity contribution in [2.45, 2.75) is 64.8 Å². The zero-order chi connectivity index (χ0) is 19.5. The van der Waals surface area contributed by atoms with Gasteiger partial charge < -0.3 is 10.2 Å². The van der Waals surface area contributed by atoms with Gasteiger partial charge in [0, 0.05) is 36.9 Å². The summed E-state index contributed by atoms with van der Waals surface area (Å²) in [4.78, 5) is 17.0. The van der Waals surface area contributed by atoms with Gasteiger partial charge >= 0.3 is 12.2 Å². The van der Waals surface area contributed by atoms with Crippen molar-refractivity contribution in [3.63, 3.8) is 0 Å². The Kier molecular flexibility index (Phi) is 6.55. The van der Waals surface area contributed by atoms with Gasteiger partial charge in [-0.1, -0.05) is 13.8 Å². The van der Waals surface area contributed by atoms with Crippen LogP contribution in [0.25, 0.3) is 0 Å². The van der Waals surface area contributed by atoms with Crippen LogP contribution in [-0.4, -0.2) is 47.0 Å². The minimum Gasteiger partial charge on any atom is -0.319 e. The van der Waals surface area contributed by atoms with Crippen molar-refractivity contribution in [2.24, 2.45) is 0 Å². The number of hydrogen-bond donors (Lipinski definition) is 1. The van der Waals surface area contributed by atoms with E-state index in [1.165, 1.54) is 12.1 Å². The van der Waals surface area contributed by atoms with Crippen LogP contribution in [0.2, 0.25) is 0 Å². The highest BCUT2D eigenvalue weighted by molar-refractivity contribution is 5.89. The quantitative estimate of drug-likeness (QED) is 0.824. The van der Waals surface area contributed by atoms with Crippen molar-refractivity contribution < 1.29 is 18.0 Å². The number of benzene rings is 1. The maximum absolute atomic E-state index is 12.7. The fourth-order valence-electron chi connectivity index (χ4n) is 3.50. The highest BCUT2D eigenvalue weighted by Crippen LogP contribution is 2.30. The van der Waals surface area contributed by atoms with Gasteiger partial charge in [0.2, 0.25) is 0 Å². The monoisotopic (exact) mass is 371 g/mol. The lowest BCUT2D eigenvalue weighted by atomic mass is 10.0. The third-order valence-electron chi connectivity index (χ3n) is 5.07. The Morgan fingerprint density at radius 1 is 1.12 bits per heavy atom. The molecule has 0 spiro atoms. The molecule has 146 valence electrons. The van der Waals surface area contributed by atoms with Crippen LogP contribution in [0.15, 0.2) is 24.3 Å². The largest absolute Gasteiger partial charge is 0.416 e. The molecule has 0 unspecified atom stereocenters. The molecule has 2 atom stereocenters. The summed E-state index contributed by atoms with van der Waals surface area (Å²) in [5.41, 5.74) is -0.351. The molecule has 1 aromatic rings. The molecular formula is C19H28F3N3O. The molecule has 0 saturated carbocycles. The molecule has 1 aliphatic rings. The van der Waals surface area contributed by atoms with Gasteiger partial charge in [-0.2, -0.15) is 13.2 Å². The lowest BCUT2D eigenvalue weighted by molar-refractivity contribution is -0.137. The number of alkyl halides is 3. The highest BCUT2D eigenvalue weighted by Gasteiger charge is 2.36. The first kappa shape index (κ1) is 20.6. The molecule has 1 fully saturated rings. The minimum atomic E-state index is -4.38. The summed E-state index contributed by atoms with van der Waals surface area (Å²) in [6.07, 6.45) is -2.60. The molecule has 0 aromatic heterocycles. The van der Waals surface area contributed by atoms with E-state index in [1.807, 2.05) is 11.8 Å². The average Bonchev–Trinajstić information content (AvgIpc) is 2.59. The molecule has 0 radical (unpaired) electrons. The molecule has 1 aliphatic heterocycles. The second-order valence-electron chi connectivity index (χ2n) is 7.07. The lowest BCUT2D eigenvalue weighted by Crippen LogP contribution is -2.61. The number of halogens is 3. The zero-order valence-electron chi connectivity index (χ0n) is 15.8. The molecule has 2 amide bonds. The standard InChI is InChI=1S/C19H28F3N3O/c1-5-16-12-25(17(6-2)11-24(16)13(3)4)18(26)23-15-9-7-14(8-10-15)19(20,21)22/h7-10,13,16-17H,5-6,11-12H2,1-4H3,(H,23,26)/t16-,17+/m0/s1. The van der Waals surface area contributed by atoms with Crippen molar-refractivity contribution in [3.05, 3.63) is 29.8 Å². The van der Waals surface area contributed by atoms with Crippen LogP contribution in [-0.2, 0) is 6.18 Å². The second kappa shape index (κ2) is 8.29. The molecule has 2 rings (SSSR count). The third kappa shape index (κ3) is 4.69. The number of amides is 2. The van der Waals surface area contributed by atoms with Gasteiger partial charge in [0.05, 0.1) is 5.56 Å². The van der Waals surface area contributed by atoms with E-state index in [9.17, 15) is 18.0 Å². The van der Waals surface area contributed by atoms with E-state index in [1.54, 1.807) is 0 Å². The number of carbonyl (C=O) groups excluding carboxylic acids is 1. The Bertz CT molecular complexity index is 601. The van der Waals surface area contributed by atoms with Crippen LogP contribution in [0, 0.1) is 0 Å². The van der Waals surface area contributed by atoms with Crippen molar-refractivity contribution in [1.82, 2.24) is 9.80 Å². The summed E-state index contributed by atoms with van der Waals surface area (Å²) >= 11 is 0. The zero-order valence-corrected chi connectivity index (χ0v) is 15.8. The molecule has 1 heterocycles. The Labute approximate surface area is 153 Å². The first-order valence-electron chi connectivity index (χ1n) is 9.18. The fraction of sp³-hybridized carbons (Fsp3) is 0.632. The van der Waals surface area contributed by atoms with Gasteiger partial charge in [0.15, 0.2) is 0 Å². The number of urea groups is 1. The van der Waals surface area contributed by atoms with Crippen LogP contribution in [0.5, 0.6) is 0 Å². The van der Waals surface area contributed by atoms with E-state index in [4.69, 9.17) is 0 Å². The maximum atomic E-state index is 12.7. The number of rotatable bonds is 4. The first-order valence-corrected chi connectivity index (χ1v) is 9.18. The van der Waals surface area contributed by atoms with E-state index >= 15 is 0 Å². The fourth-order valence-corrected chi connectivity index (χ4v) is 3.50. The Balaban J connectivity index is 2.10. The summed E-state index contributed by atoms with van der Waals surface area (Å²) in [5.74, 6) is 0. The Morgan fingerprint density at radius 2 is 1.69 bits per heavy atom. The number of hydrogen-bond acceptors (Lipinski definition) is 2. The molecule has 26 heavy (non-hydrogen) atoms. The van der Waals surface area contributed by atoms with Gasteiger partial charge in [-0.25, -0.2) is 4.79 Å². The summed E-state index contributed by atoms with van der Waals surface area (Å²) in [6.45, 7) is 9.92. The minimum absolute atomic E-state index is 0.0923. The summed E-state index contributed by atoms with van der Waals surface area (Å²) < 4.78 is 38.0. The van der Waals surface area contributed by atoms with Crippen LogP contribution in [0.3, 0.4) is 0 Å².